The third kappa shape index (κ3) is 4.54. The van der Waals surface area contributed by atoms with Gasteiger partial charge < -0.3 is 10.1 Å². The third-order valence-electron chi connectivity index (χ3n) is 1.60. The van der Waals surface area contributed by atoms with Crippen molar-refractivity contribution in [3.05, 3.63) is 20.8 Å². The molecule has 0 bridgehead atoms. The van der Waals surface area contributed by atoms with Crippen molar-refractivity contribution >= 4 is 33.2 Å². The molecule has 0 aromatic carbocycles. The van der Waals surface area contributed by atoms with Crippen LogP contribution in [-0.4, -0.2) is 32.1 Å². The highest BCUT2D eigenvalue weighted by Gasteiger charge is 2.10. The van der Waals surface area contributed by atoms with E-state index in [0.29, 0.717) is 4.88 Å². The first-order valence-corrected chi connectivity index (χ1v) is 6.15. The number of hydrogen-bond acceptors (Lipinski definition) is 3. The number of halogens is 3. The summed E-state index contributed by atoms with van der Waals surface area (Å²) in [6.45, 7) is -0.298. The van der Waals surface area contributed by atoms with Crippen LogP contribution in [-0.2, 0) is 4.74 Å². The first-order valence-electron chi connectivity index (χ1n) is 4.48. The largest absolute Gasteiger partial charge is 0.374 e. The summed E-state index contributed by atoms with van der Waals surface area (Å²) >= 11 is 4.53. The van der Waals surface area contributed by atoms with Crippen LogP contribution in [0.25, 0.3) is 0 Å². The van der Waals surface area contributed by atoms with E-state index in [4.69, 9.17) is 0 Å². The standard InChI is InChI=1S/C9H10BrF2NO2S/c10-6-1-4-16-8(6)9(14)13-2-3-15-5-7(11)12/h1,4,7H,2-3,5H2,(H,13,14). The molecule has 1 rings (SSSR count). The van der Waals surface area contributed by atoms with Gasteiger partial charge in [-0.2, -0.15) is 0 Å². The molecule has 0 aliphatic heterocycles. The van der Waals surface area contributed by atoms with Gasteiger partial charge in [-0.25, -0.2) is 8.78 Å². The van der Waals surface area contributed by atoms with Crippen molar-refractivity contribution in [1.82, 2.24) is 5.32 Å². The Balaban J connectivity index is 2.19. The highest BCUT2D eigenvalue weighted by Crippen LogP contribution is 2.22. The summed E-state index contributed by atoms with van der Waals surface area (Å²) < 4.78 is 28.7. The van der Waals surface area contributed by atoms with Crippen LogP contribution in [0.1, 0.15) is 9.67 Å². The molecule has 7 heteroatoms. The Kier molecular flexibility index (Phi) is 5.86. The molecule has 1 aromatic rings. The summed E-state index contributed by atoms with van der Waals surface area (Å²) in [5.74, 6) is -0.234. The van der Waals surface area contributed by atoms with Crippen LogP contribution in [0.4, 0.5) is 8.78 Å². The number of rotatable bonds is 6. The van der Waals surface area contributed by atoms with Gasteiger partial charge in [-0.05, 0) is 27.4 Å². The molecule has 0 spiro atoms. The van der Waals surface area contributed by atoms with Crippen molar-refractivity contribution in [3.63, 3.8) is 0 Å². The second-order valence-corrected chi connectivity index (χ2v) is 4.59. The summed E-state index contributed by atoms with van der Waals surface area (Å²) in [6.07, 6.45) is -2.47. The van der Waals surface area contributed by atoms with E-state index >= 15 is 0 Å². The first kappa shape index (κ1) is 13.5. The lowest BCUT2D eigenvalue weighted by Gasteiger charge is -2.05. The van der Waals surface area contributed by atoms with E-state index in [2.05, 4.69) is 26.0 Å². The molecule has 0 unspecified atom stereocenters. The average molecular weight is 314 g/mol. The lowest BCUT2D eigenvalue weighted by atomic mass is 10.4. The van der Waals surface area contributed by atoms with E-state index in [1.54, 1.807) is 11.4 Å². The maximum absolute atomic E-state index is 11.7. The second-order valence-electron chi connectivity index (χ2n) is 2.82. The Morgan fingerprint density at radius 2 is 2.38 bits per heavy atom. The quantitative estimate of drug-likeness (QED) is 0.820. The minimum atomic E-state index is -2.47. The lowest BCUT2D eigenvalue weighted by molar-refractivity contribution is 0.0188. The van der Waals surface area contributed by atoms with Crippen LogP contribution in [0, 0.1) is 0 Å². The van der Waals surface area contributed by atoms with Crippen molar-refractivity contribution in [3.8, 4) is 0 Å². The van der Waals surface area contributed by atoms with Gasteiger partial charge in [-0.15, -0.1) is 11.3 Å². The molecule has 0 fully saturated rings. The number of carbonyl (C=O) groups is 1. The lowest BCUT2D eigenvalue weighted by Crippen LogP contribution is -2.27. The molecule has 90 valence electrons. The molecule has 0 atom stereocenters. The van der Waals surface area contributed by atoms with Gasteiger partial charge >= 0.3 is 0 Å². The van der Waals surface area contributed by atoms with Gasteiger partial charge in [0.2, 0.25) is 0 Å². The predicted octanol–water partition coefficient (Wildman–Crippen LogP) is 2.52. The Bertz CT molecular complexity index is 346. The first-order chi connectivity index (χ1) is 7.61. The molecule has 0 saturated heterocycles. The Morgan fingerprint density at radius 1 is 1.62 bits per heavy atom. The minimum Gasteiger partial charge on any atom is -0.374 e. The summed E-state index contributed by atoms with van der Waals surface area (Å²) in [5, 5.41) is 4.36. The van der Waals surface area contributed by atoms with Crippen molar-refractivity contribution in [2.24, 2.45) is 0 Å². The van der Waals surface area contributed by atoms with E-state index < -0.39 is 13.0 Å². The fraction of sp³-hybridized carbons (Fsp3) is 0.444. The molecular formula is C9H10BrF2NO2S. The molecule has 1 amide bonds. The maximum atomic E-state index is 11.7. The smallest absolute Gasteiger partial charge is 0.262 e. The van der Waals surface area contributed by atoms with Gasteiger partial charge in [0.15, 0.2) is 0 Å². The number of hydrogen-bond donors (Lipinski definition) is 1. The third-order valence-corrected chi connectivity index (χ3v) is 3.44. The molecule has 3 nitrogen and oxygen atoms in total. The number of thiophene rings is 1. The van der Waals surface area contributed by atoms with Gasteiger partial charge in [0.25, 0.3) is 12.3 Å². The van der Waals surface area contributed by atoms with Crippen LogP contribution in [0.15, 0.2) is 15.9 Å². The predicted molar refractivity (Wildman–Crippen MR) is 61.2 cm³/mol. The Morgan fingerprint density at radius 3 is 2.94 bits per heavy atom. The number of nitrogens with one attached hydrogen (secondary N) is 1. The molecule has 1 heterocycles. The van der Waals surface area contributed by atoms with Crippen LogP contribution in [0.2, 0.25) is 0 Å². The summed E-state index contributed by atoms with van der Waals surface area (Å²) in [6, 6.07) is 1.77. The van der Waals surface area contributed by atoms with Crippen molar-refractivity contribution in [2.45, 2.75) is 6.43 Å². The molecule has 0 aliphatic rings. The van der Waals surface area contributed by atoms with Crippen molar-refractivity contribution in [1.29, 1.82) is 0 Å². The molecule has 16 heavy (non-hydrogen) atoms. The second kappa shape index (κ2) is 6.93. The highest BCUT2D eigenvalue weighted by molar-refractivity contribution is 9.10. The SMILES string of the molecule is O=C(NCCOCC(F)F)c1sccc1Br. The van der Waals surface area contributed by atoms with Gasteiger partial charge in [-0.3, -0.25) is 4.79 Å². The normalized spacial score (nSPS) is 10.8. The highest BCUT2D eigenvalue weighted by atomic mass is 79.9. The topological polar surface area (TPSA) is 38.3 Å². The van der Waals surface area contributed by atoms with Crippen molar-refractivity contribution < 1.29 is 18.3 Å². The Labute approximate surface area is 104 Å². The van der Waals surface area contributed by atoms with Crippen LogP contribution >= 0.6 is 27.3 Å². The molecule has 1 N–H and O–H groups in total. The molecule has 1 aromatic heterocycles. The number of carbonyl (C=O) groups excluding carboxylic acids is 1. The minimum absolute atomic E-state index is 0.0824. The van der Waals surface area contributed by atoms with Crippen LogP contribution in [0.5, 0.6) is 0 Å². The summed E-state index contributed by atoms with van der Waals surface area (Å²) in [4.78, 5) is 12.1. The van der Waals surface area contributed by atoms with E-state index in [0.717, 1.165) is 4.47 Å². The van der Waals surface area contributed by atoms with Crippen LogP contribution < -0.4 is 5.32 Å². The average Bonchev–Trinajstić information content (AvgIpc) is 2.63. The number of amides is 1. The maximum Gasteiger partial charge on any atom is 0.262 e. The zero-order chi connectivity index (χ0) is 12.0. The summed E-state index contributed by atoms with van der Waals surface area (Å²) in [7, 11) is 0. The number of alkyl halides is 2. The fourth-order valence-electron chi connectivity index (χ4n) is 0.945. The molecule has 0 aliphatic carbocycles. The fourth-order valence-corrected chi connectivity index (χ4v) is 2.41. The van der Waals surface area contributed by atoms with E-state index in [9.17, 15) is 13.6 Å². The van der Waals surface area contributed by atoms with E-state index in [-0.39, 0.29) is 19.1 Å². The number of ether oxygens (including phenoxy) is 1. The van der Waals surface area contributed by atoms with Crippen molar-refractivity contribution in [2.75, 3.05) is 19.8 Å². The summed E-state index contributed by atoms with van der Waals surface area (Å²) in [5.41, 5.74) is 0. The molecule has 0 saturated carbocycles. The van der Waals surface area contributed by atoms with E-state index in [1.807, 2.05) is 0 Å². The zero-order valence-corrected chi connectivity index (χ0v) is 10.6. The molecular weight excluding hydrogens is 304 g/mol. The van der Waals surface area contributed by atoms with E-state index in [1.165, 1.54) is 11.3 Å². The zero-order valence-electron chi connectivity index (χ0n) is 8.21. The van der Waals surface area contributed by atoms with Gasteiger partial charge in [0, 0.05) is 11.0 Å². The Hall–Kier alpha value is -0.530. The van der Waals surface area contributed by atoms with Gasteiger partial charge in [0.1, 0.15) is 11.5 Å². The molecule has 0 radical (unpaired) electrons. The van der Waals surface area contributed by atoms with Gasteiger partial charge in [-0.1, -0.05) is 0 Å². The van der Waals surface area contributed by atoms with Gasteiger partial charge in [0.05, 0.1) is 6.61 Å². The van der Waals surface area contributed by atoms with Crippen LogP contribution in [0.3, 0.4) is 0 Å². The monoisotopic (exact) mass is 313 g/mol.